The van der Waals surface area contributed by atoms with Gasteiger partial charge in [-0.25, -0.2) is 0 Å². The van der Waals surface area contributed by atoms with Crippen LogP contribution in [0.3, 0.4) is 0 Å². The van der Waals surface area contributed by atoms with E-state index in [9.17, 15) is 48.0 Å². The molecule has 0 aromatic heterocycles. The van der Waals surface area contributed by atoms with Crippen LogP contribution < -0.4 is 4.18 Å². The Morgan fingerprint density at radius 2 is 1.56 bits per heavy atom. The maximum Gasteiger partial charge on any atom is 0.450 e. The fourth-order valence-corrected chi connectivity index (χ4v) is 3.68. The molecule has 0 radical (unpaired) electrons. The highest BCUT2D eigenvalue weighted by atomic mass is 32.2. The molecule has 0 spiro atoms. The third-order valence-corrected chi connectivity index (χ3v) is 6.75. The summed E-state index contributed by atoms with van der Waals surface area (Å²) in [5.74, 6) is -2.73. The van der Waals surface area contributed by atoms with Crippen molar-refractivity contribution in [3.05, 3.63) is 29.8 Å². The summed E-state index contributed by atoms with van der Waals surface area (Å²) in [5, 5.41) is -13.6. The molecule has 0 aliphatic rings. The van der Waals surface area contributed by atoms with Crippen molar-refractivity contribution in [3.63, 3.8) is 0 Å². The van der Waals surface area contributed by atoms with Crippen LogP contribution in [0.15, 0.2) is 24.3 Å². The molecule has 0 bridgehead atoms. The monoisotopic (exact) mass is 538 g/mol. The van der Waals surface area contributed by atoms with E-state index in [4.69, 9.17) is 4.55 Å². The summed E-state index contributed by atoms with van der Waals surface area (Å²) in [5.41, 5.74) is 0.216. The first-order valence-electron chi connectivity index (χ1n) is 9.48. The minimum absolute atomic E-state index is 0.0663. The van der Waals surface area contributed by atoms with Crippen LogP contribution in [-0.4, -0.2) is 43.6 Å². The minimum atomic E-state index is -7.12. The predicted molar refractivity (Wildman–Crippen MR) is 108 cm³/mol. The number of carbonyl (C=O) groups is 1. The molecule has 1 rings (SSSR count). The van der Waals surface area contributed by atoms with Gasteiger partial charge >= 0.3 is 36.7 Å². The summed E-state index contributed by atoms with van der Waals surface area (Å²) in [4.78, 5) is 11.7. The third kappa shape index (κ3) is 6.22. The van der Waals surface area contributed by atoms with E-state index in [0.29, 0.717) is 37.8 Å². The smallest absolute Gasteiger partial charge is 0.378 e. The third-order valence-electron chi connectivity index (χ3n) is 4.55. The second-order valence-corrected chi connectivity index (χ2v) is 10.1. The average Bonchev–Trinajstić information content (AvgIpc) is 2.72. The van der Waals surface area contributed by atoms with E-state index in [0.717, 1.165) is 12.1 Å². The molecule has 0 amide bonds. The Labute approximate surface area is 192 Å². The van der Waals surface area contributed by atoms with Gasteiger partial charge in [0.2, 0.25) is 0 Å². The number of rotatable bonds is 11. The van der Waals surface area contributed by atoms with E-state index in [-0.39, 0.29) is 17.3 Å². The Morgan fingerprint density at radius 1 is 1.03 bits per heavy atom. The molecule has 0 heterocycles. The molecule has 1 unspecified atom stereocenters. The van der Waals surface area contributed by atoms with Gasteiger partial charge in [0.15, 0.2) is 0 Å². The average molecular weight is 538 g/mol. The van der Waals surface area contributed by atoms with E-state index >= 15 is 0 Å². The fraction of sp³-hybridized carbons (Fsp3) is 0.526. The molecule has 15 heteroatoms. The molecule has 34 heavy (non-hydrogen) atoms. The molecule has 1 aromatic carbocycles. The summed E-state index contributed by atoms with van der Waals surface area (Å²) >= 11 is 0. The Kier molecular flexibility index (Phi) is 9.20. The highest BCUT2D eigenvalue weighted by molar-refractivity contribution is 7.88. The first-order valence-corrected chi connectivity index (χ1v) is 12.3. The number of alkyl halides is 6. The van der Waals surface area contributed by atoms with E-state index < -0.39 is 42.4 Å². The van der Waals surface area contributed by atoms with E-state index in [1.165, 1.54) is 0 Å². The van der Waals surface area contributed by atoms with Crippen molar-refractivity contribution >= 4 is 26.0 Å². The van der Waals surface area contributed by atoms with Crippen LogP contribution in [0.4, 0.5) is 26.3 Å². The maximum atomic E-state index is 13.8. The van der Waals surface area contributed by atoms with Crippen molar-refractivity contribution in [2.24, 2.45) is 5.92 Å². The zero-order valence-corrected chi connectivity index (χ0v) is 19.3. The highest BCUT2D eigenvalue weighted by Gasteiger charge is 2.83. The quantitative estimate of drug-likeness (QED) is 0.147. The summed E-state index contributed by atoms with van der Waals surface area (Å²) in [6.45, 7) is 3.68. The van der Waals surface area contributed by atoms with Crippen molar-refractivity contribution in [3.8, 4) is 17.6 Å². The molecule has 1 atom stereocenters. The summed E-state index contributed by atoms with van der Waals surface area (Å²) in [6, 6.07) is 3.52. The van der Waals surface area contributed by atoms with Crippen LogP contribution in [0.5, 0.6) is 5.75 Å². The largest absolute Gasteiger partial charge is 0.450 e. The lowest BCUT2D eigenvalue weighted by Gasteiger charge is -2.29. The molecule has 7 nitrogen and oxygen atoms in total. The molecule has 192 valence electrons. The Hall–Kier alpha value is -2.31. The number of benzene rings is 1. The molecular weight excluding hydrogens is 518 g/mol. The van der Waals surface area contributed by atoms with E-state index in [2.05, 4.69) is 16.0 Å². The molecule has 0 aliphatic carbocycles. The van der Waals surface area contributed by atoms with Gasteiger partial charge in [-0.1, -0.05) is 25.7 Å². The number of ketones is 1. The maximum absolute atomic E-state index is 13.8. The van der Waals surface area contributed by atoms with Crippen molar-refractivity contribution in [1.82, 2.24) is 0 Å². The lowest BCUT2D eigenvalue weighted by atomic mass is 9.99. The van der Waals surface area contributed by atoms with Crippen LogP contribution >= 0.6 is 0 Å². The number of halogens is 6. The van der Waals surface area contributed by atoms with Crippen LogP contribution in [0.25, 0.3) is 0 Å². The number of unbranched alkanes of at least 4 members (excludes halogenated alkanes) is 1. The van der Waals surface area contributed by atoms with Crippen molar-refractivity contribution in [2.75, 3.05) is 0 Å². The Bertz CT molecular complexity index is 1150. The molecule has 0 fully saturated rings. The van der Waals surface area contributed by atoms with Gasteiger partial charge in [-0.05, 0) is 37.1 Å². The standard InChI is InChI=1S/C19H20F6O7S2/c1-3-13(2)16(26)8-6-4-5-7-14-9-11-15(12-10-14)32-34(30,31)19(24,25)17(20,21)18(22,23)33(27,28)29/h9-13H,3-4,6,8H2,1-2H3,(H,27,28,29). The second kappa shape index (κ2) is 10.5. The van der Waals surface area contributed by atoms with Crippen LogP contribution in [0.2, 0.25) is 0 Å². The van der Waals surface area contributed by atoms with Crippen LogP contribution in [0.1, 0.15) is 45.1 Å². The SMILES string of the molecule is CCC(C)C(=O)CCCC#Cc1ccc(OS(=O)(=O)C(F)(F)C(F)(F)C(F)(F)S(=O)(=O)O)cc1. The van der Waals surface area contributed by atoms with E-state index in [1.807, 2.05) is 6.92 Å². The molecule has 1 N–H and O–H groups in total. The normalized spacial score (nSPS) is 14.1. The van der Waals surface area contributed by atoms with Gasteiger partial charge in [0, 0.05) is 24.3 Å². The lowest BCUT2D eigenvalue weighted by molar-refractivity contribution is -0.247. The first-order chi connectivity index (χ1) is 15.3. The van der Waals surface area contributed by atoms with Crippen LogP contribution in [0, 0.1) is 17.8 Å². The summed E-state index contributed by atoms with van der Waals surface area (Å²) in [6.07, 6.45) is 1.84. The molecule has 0 saturated heterocycles. The van der Waals surface area contributed by atoms with Gasteiger partial charge in [-0.15, -0.1) is 0 Å². The zero-order chi connectivity index (χ0) is 26.6. The molecular formula is C19H20F6O7S2. The van der Waals surface area contributed by atoms with Gasteiger partial charge < -0.3 is 4.18 Å². The Morgan fingerprint density at radius 3 is 2.03 bits per heavy atom. The van der Waals surface area contributed by atoms with Gasteiger partial charge in [0.1, 0.15) is 11.5 Å². The van der Waals surface area contributed by atoms with E-state index in [1.54, 1.807) is 6.92 Å². The van der Waals surface area contributed by atoms with Gasteiger partial charge in [0.25, 0.3) is 0 Å². The molecule has 1 aromatic rings. The number of Topliss-reactive ketones (excluding diaryl/α,β-unsaturated/α-hetero) is 1. The molecule has 0 saturated carbocycles. The first kappa shape index (κ1) is 29.7. The van der Waals surface area contributed by atoms with Crippen LogP contribution in [-0.2, 0) is 25.0 Å². The number of hydrogen-bond acceptors (Lipinski definition) is 6. The summed E-state index contributed by atoms with van der Waals surface area (Å²) in [7, 11) is -14.0. The predicted octanol–water partition coefficient (Wildman–Crippen LogP) is 4.24. The topological polar surface area (TPSA) is 115 Å². The second-order valence-electron chi connectivity index (χ2n) is 7.08. The Balaban J connectivity index is 2.94. The zero-order valence-electron chi connectivity index (χ0n) is 17.7. The van der Waals surface area contributed by atoms with Gasteiger partial charge in [0.05, 0.1) is 0 Å². The summed E-state index contributed by atoms with van der Waals surface area (Å²) < 4.78 is 137. The van der Waals surface area contributed by atoms with Gasteiger partial charge in [-0.3, -0.25) is 9.35 Å². The highest BCUT2D eigenvalue weighted by Crippen LogP contribution is 2.50. The van der Waals surface area contributed by atoms with Gasteiger partial charge in [-0.2, -0.15) is 43.2 Å². The lowest BCUT2D eigenvalue weighted by Crippen LogP contribution is -2.61. The number of hydrogen-bond donors (Lipinski definition) is 1. The van der Waals surface area contributed by atoms with Crippen molar-refractivity contribution in [1.29, 1.82) is 0 Å². The van der Waals surface area contributed by atoms with Crippen molar-refractivity contribution in [2.45, 2.75) is 56.0 Å². The number of carbonyl (C=O) groups excluding carboxylic acids is 1. The fourth-order valence-electron chi connectivity index (χ4n) is 2.25. The van der Waals surface area contributed by atoms with Crippen molar-refractivity contribution < 1.29 is 56.7 Å². The molecule has 0 aliphatic heterocycles. The minimum Gasteiger partial charge on any atom is -0.378 e.